The predicted octanol–water partition coefficient (Wildman–Crippen LogP) is 7.36. The molecule has 0 radical (unpaired) electrons. The summed E-state index contributed by atoms with van der Waals surface area (Å²) < 4.78 is 17.9. The molecule has 2 saturated heterocycles. The molecule has 0 aromatic heterocycles. The lowest BCUT2D eigenvalue weighted by Crippen LogP contribution is -2.37. The quantitative estimate of drug-likeness (QED) is 0.300. The van der Waals surface area contributed by atoms with Gasteiger partial charge in [0.25, 0.3) is 5.91 Å². The number of hydrogen-bond donors (Lipinski definition) is 1. The van der Waals surface area contributed by atoms with Crippen LogP contribution in [0.15, 0.2) is 66.7 Å². The van der Waals surface area contributed by atoms with E-state index in [1.54, 1.807) is 6.07 Å². The molecule has 5 rings (SSSR count). The number of morpholine rings is 1. The van der Waals surface area contributed by atoms with E-state index in [9.17, 15) is 4.79 Å². The number of amides is 1. The number of para-hydroxylation sites is 2. The van der Waals surface area contributed by atoms with Gasteiger partial charge in [-0.1, -0.05) is 67.4 Å². The van der Waals surface area contributed by atoms with Gasteiger partial charge < -0.3 is 24.4 Å². The first-order chi connectivity index (χ1) is 19.4. The number of rotatable bonds is 8. The van der Waals surface area contributed by atoms with E-state index in [1.807, 2.05) is 54.6 Å². The highest BCUT2D eigenvalue weighted by molar-refractivity contribution is 6.35. The fourth-order valence-corrected chi connectivity index (χ4v) is 6.22. The monoisotopic (exact) mass is 582 g/mol. The zero-order valence-electron chi connectivity index (χ0n) is 22.9. The van der Waals surface area contributed by atoms with Gasteiger partial charge in [-0.3, -0.25) is 4.79 Å². The smallest absolute Gasteiger partial charge is 0.262 e. The van der Waals surface area contributed by atoms with Crippen molar-refractivity contribution in [3.05, 3.63) is 87.9 Å². The van der Waals surface area contributed by atoms with Crippen molar-refractivity contribution in [1.82, 2.24) is 0 Å². The molecule has 6 nitrogen and oxygen atoms in total. The van der Waals surface area contributed by atoms with Crippen LogP contribution in [0.1, 0.15) is 43.4 Å². The zero-order valence-corrected chi connectivity index (χ0v) is 24.5. The molecule has 2 aliphatic heterocycles. The Morgan fingerprint density at radius 3 is 2.62 bits per heavy atom. The minimum absolute atomic E-state index is 0.0694. The summed E-state index contributed by atoms with van der Waals surface area (Å²) in [4.78, 5) is 15.1. The zero-order chi connectivity index (χ0) is 28.1. The summed E-state index contributed by atoms with van der Waals surface area (Å²) >= 11 is 12.6. The van der Waals surface area contributed by atoms with Crippen molar-refractivity contribution in [2.75, 3.05) is 49.7 Å². The van der Waals surface area contributed by atoms with Crippen LogP contribution in [-0.4, -0.2) is 45.4 Å². The van der Waals surface area contributed by atoms with Gasteiger partial charge in [0, 0.05) is 29.1 Å². The summed E-state index contributed by atoms with van der Waals surface area (Å²) in [5.74, 6) is 1.34. The van der Waals surface area contributed by atoms with Gasteiger partial charge >= 0.3 is 0 Å². The van der Waals surface area contributed by atoms with Crippen molar-refractivity contribution in [2.45, 2.75) is 32.3 Å². The van der Waals surface area contributed by atoms with E-state index in [2.05, 4.69) is 30.1 Å². The summed E-state index contributed by atoms with van der Waals surface area (Å²) in [6, 6.07) is 21.4. The standard InChI is InChI=1S/C32H36Cl2N2O4/c1-21(2)27-17-23(26-11-10-24(33)18-28(26)34)19-40-32(27)22-6-5-7-25(16-22)39-20-31(37)35-29-8-3-4-9-30(29)36-12-14-38-15-13-36/h3-11,16,18,21,23,27,32H,12-15,17,19-20H2,1-2H3,(H,35,37)/t23-,27-,32-/m0/s1. The number of ether oxygens (including phenoxy) is 3. The van der Waals surface area contributed by atoms with Gasteiger partial charge in [0.1, 0.15) is 5.75 Å². The van der Waals surface area contributed by atoms with Crippen LogP contribution in [-0.2, 0) is 14.3 Å². The molecule has 2 aliphatic rings. The molecule has 3 aromatic carbocycles. The molecule has 40 heavy (non-hydrogen) atoms. The molecule has 2 heterocycles. The van der Waals surface area contributed by atoms with Gasteiger partial charge in [-0.2, -0.15) is 0 Å². The van der Waals surface area contributed by atoms with Crippen LogP contribution in [0.2, 0.25) is 10.0 Å². The molecular weight excluding hydrogens is 547 g/mol. The van der Waals surface area contributed by atoms with Crippen molar-refractivity contribution in [3.63, 3.8) is 0 Å². The molecule has 3 atom stereocenters. The Morgan fingerprint density at radius 1 is 1.05 bits per heavy atom. The third kappa shape index (κ3) is 6.92. The van der Waals surface area contributed by atoms with E-state index in [-0.39, 0.29) is 24.5 Å². The summed E-state index contributed by atoms with van der Waals surface area (Å²) in [7, 11) is 0. The number of nitrogens with one attached hydrogen (secondary N) is 1. The number of halogens is 2. The molecule has 2 fully saturated rings. The van der Waals surface area contributed by atoms with Crippen molar-refractivity contribution in [1.29, 1.82) is 0 Å². The van der Waals surface area contributed by atoms with Gasteiger partial charge in [-0.25, -0.2) is 0 Å². The topological polar surface area (TPSA) is 60.0 Å². The summed E-state index contributed by atoms with van der Waals surface area (Å²) in [6.45, 7) is 7.90. The maximum Gasteiger partial charge on any atom is 0.262 e. The number of nitrogens with zero attached hydrogens (tertiary/aromatic N) is 1. The molecule has 212 valence electrons. The molecule has 8 heteroatoms. The number of carbonyl (C=O) groups excluding carboxylic acids is 1. The highest BCUT2D eigenvalue weighted by Gasteiger charge is 2.35. The first kappa shape index (κ1) is 28.7. The number of hydrogen-bond acceptors (Lipinski definition) is 5. The van der Waals surface area contributed by atoms with Crippen LogP contribution in [0.4, 0.5) is 11.4 Å². The fourth-order valence-electron chi connectivity index (χ4n) is 5.65. The molecule has 1 amide bonds. The third-order valence-electron chi connectivity index (χ3n) is 7.77. The van der Waals surface area contributed by atoms with E-state index in [1.165, 1.54) is 0 Å². The molecule has 0 unspecified atom stereocenters. The van der Waals surface area contributed by atoms with Gasteiger partial charge in [-0.15, -0.1) is 0 Å². The number of benzene rings is 3. The van der Waals surface area contributed by atoms with Crippen molar-refractivity contribution in [3.8, 4) is 5.75 Å². The van der Waals surface area contributed by atoms with E-state index in [0.29, 0.717) is 47.5 Å². The second-order valence-electron chi connectivity index (χ2n) is 10.8. The largest absolute Gasteiger partial charge is 0.484 e. The minimum Gasteiger partial charge on any atom is -0.484 e. The Balaban J connectivity index is 1.22. The number of carbonyl (C=O) groups is 1. The Hall–Kier alpha value is -2.77. The highest BCUT2D eigenvalue weighted by atomic mass is 35.5. The van der Waals surface area contributed by atoms with Crippen LogP contribution in [0.3, 0.4) is 0 Å². The third-order valence-corrected chi connectivity index (χ3v) is 8.33. The number of anilines is 2. The Kier molecular flexibility index (Phi) is 9.53. The SMILES string of the molecule is CC(C)[C@@H]1C[C@H](c2ccc(Cl)cc2Cl)CO[C@H]1c1cccc(OCC(=O)Nc2ccccc2N2CCOCC2)c1. The summed E-state index contributed by atoms with van der Waals surface area (Å²) in [6.07, 6.45) is 0.889. The lowest BCUT2D eigenvalue weighted by molar-refractivity contribution is -0.118. The van der Waals surface area contributed by atoms with Crippen LogP contribution >= 0.6 is 23.2 Å². The molecule has 3 aromatic rings. The molecule has 0 bridgehead atoms. The lowest BCUT2D eigenvalue weighted by atomic mass is 9.76. The molecular formula is C32H36Cl2N2O4. The van der Waals surface area contributed by atoms with Crippen molar-refractivity contribution >= 4 is 40.5 Å². The first-order valence-electron chi connectivity index (χ1n) is 13.9. The van der Waals surface area contributed by atoms with Crippen LogP contribution in [0, 0.1) is 11.8 Å². The van der Waals surface area contributed by atoms with Gasteiger partial charge in [-0.05, 0) is 65.8 Å². The van der Waals surface area contributed by atoms with Gasteiger partial charge in [0.15, 0.2) is 6.61 Å². The van der Waals surface area contributed by atoms with Crippen molar-refractivity contribution in [2.24, 2.45) is 11.8 Å². The summed E-state index contributed by atoms with van der Waals surface area (Å²) in [5.41, 5.74) is 3.90. The molecule has 0 aliphatic carbocycles. The average molecular weight is 584 g/mol. The molecule has 0 saturated carbocycles. The Bertz CT molecular complexity index is 1310. The summed E-state index contributed by atoms with van der Waals surface area (Å²) in [5, 5.41) is 4.33. The Labute approximate surface area is 246 Å². The first-order valence-corrected chi connectivity index (χ1v) is 14.7. The lowest BCUT2D eigenvalue weighted by Gasteiger charge is -2.39. The Morgan fingerprint density at radius 2 is 1.85 bits per heavy atom. The fraction of sp³-hybridized carbons (Fsp3) is 0.406. The molecule has 0 spiro atoms. The minimum atomic E-state index is -0.206. The highest BCUT2D eigenvalue weighted by Crippen LogP contribution is 2.45. The van der Waals surface area contributed by atoms with E-state index < -0.39 is 0 Å². The predicted molar refractivity (Wildman–Crippen MR) is 161 cm³/mol. The van der Waals surface area contributed by atoms with Crippen molar-refractivity contribution < 1.29 is 19.0 Å². The van der Waals surface area contributed by atoms with Crippen LogP contribution in [0.5, 0.6) is 5.75 Å². The maximum absolute atomic E-state index is 12.8. The van der Waals surface area contributed by atoms with E-state index in [0.717, 1.165) is 42.0 Å². The average Bonchev–Trinajstić information content (AvgIpc) is 2.97. The van der Waals surface area contributed by atoms with Crippen LogP contribution in [0.25, 0.3) is 0 Å². The normalized spacial score (nSPS) is 21.3. The second kappa shape index (κ2) is 13.3. The van der Waals surface area contributed by atoms with Gasteiger partial charge in [0.05, 0.1) is 37.3 Å². The molecule has 1 N–H and O–H groups in total. The van der Waals surface area contributed by atoms with E-state index >= 15 is 0 Å². The maximum atomic E-state index is 12.8. The van der Waals surface area contributed by atoms with Crippen LogP contribution < -0.4 is 15.0 Å². The second-order valence-corrected chi connectivity index (χ2v) is 11.6. The van der Waals surface area contributed by atoms with E-state index in [4.69, 9.17) is 37.4 Å². The van der Waals surface area contributed by atoms with Gasteiger partial charge in [0.2, 0.25) is 0 Å².